The van der Waals surface area contributed by atoms with Crippen LogP contribution in [-0.4, -0.2) is 41.4 Å². The van der Waals surface area contributed by atoms with E-state index in [1.54, 1.807) is 4.90 Å². The molecule has 0 spiro atoms. The Kier molecular flexibility index (Phi) is 2.35. The summed E-state index contributed by atoms with van der Waals surface area (Å²) in [6.45, 7) is 4.19. The number of nitrogens with zero attached hydrogens (tertiary/aromatic N) is 2. The van der Waals surface area contributed by atoms with Crippen LogP contribution in [0.4, 0.5) is 4.79 Å². The maximum atomic E-state index is 11.3. The van der Waals surface area contributed by atoms with Gasteiger partial charge in [-0.15, -0.1) is 0 Å². The Morgan fingerprint density at radius 3 is 2.42 bits per heavy atom. The van der Waals surface area contributed by atoms with Gasteiger partial charge in [0.05, 0.1) is 0 Å². The highest BCUT2D eigenvalue weighted by Crippen LogP contribution is 2.13. The van der Waals surface area contributed by atoms with Crippen LogP contribution in [0.25, 0.3) is 0 Å². The van der Waals surface area contributed by atoms with Crippen LogP contribution in [-0.2, 0) is 4.79 Å². The molecule has 0 saturated carbocycles. The SMILES string of the molecule is CCC(C)N1CC(=O)N(C)C1=O. The summed E-state index contributed by atoms with van der Waals surface area (Å²) in [5, 5.41) is 0. The minimum Gasteiger partial charge on any atom is -0.312 e. The highest BCUT2D eigenvalue weighted by Gasteiger charge is 2.34. The first-order valence-electron chi connectivity index (χ1n) is 4.15. The number of hydrogen-bond donors (Lipinski definition) is 0. The van der Waals surface area contributed by atoms with Crippen molar-refractivity contribution < 1.29 is 9.59 Å². The normalized spacial score (nSPS) is 20.6. The van der Waals surface area contributed by atoms with Crippen molar-refractivity contribution in [2.45, 2.75) is 26.3 Å². The molecule has 68 valence electrons. The predicted octanol–water partition coefficient (Wildman–Crippen LogP) is 0.679. The molecule has 0 aromatic carbocycles. The second-order valence-electron chi connectivity index (χ2n) is 3.12. The third-order valence-electron chi connectivity index (χ3n) is 2.34. The van der Waals surface area contributed by atoms with Crippen molar-refractivity contribution >= 4 is 11.9 Å². The maximum Gasteiger partial charge on any atom is 0.327 e. The van der Waals surface area contributed by atoms with Gasteiger partial charge in [0.1, 0.15) is 6.54 Å². The van der Waals surface area contributed by atoms with Crippen molar-refractivity contribution in [2.24, 2.45) is 0 Å². The van der Waals surface area contributed by atoms with Crippen molar-refractivity contribution in [3.63, 3.8) is 0 Å². The summed E-state index contributed by atoms with van der Waals surface area (Å²) in [5.74, 6) is -0.111. The lowest BCUT2D eigenvalue weighted by Crippen LogP contribution is -2.36. The Morgan fingerprint density at radius 1 is 1.50 bits per heavy atom. The smallest absolute Gasteiger partial charge is 0.312 e. The lowest BCUT2D eigenvalue weighted by molar-refractivity contribution is -0.124. The molecule has 1 heterocycles. The third-order valence-corrected chi connectivity index (χ3v) is 2.34. The number of imide groups is 1. The van der Waals surface area contributed by atoms with Crippen LogP contribution in [0.1, 0.15) is 20.3 Å². The average Bonchev–Trinajstić information content (AvgIpc) is 2.32. The largest absolute Gasteiger partial charge is 0.327 e. The molecule has 1 saturated heterocycles. The van der Waals surface area contributed by atoms with Crippen molar-refractivity contribution in [1.29, 1.82) is 0 Å². The quantitative estimate of drug-likeness (QED) is 0.572. The number of rotatable bonds is 2. The van der Waals surface area contributed by atoms with Crippen LogP contribution in [0.15, 0.2) is 0 Å². The zero-order chi connectivity index (χ0) is 9.30. The Morgan fingerprint density at radius 2 is 2.08 bits per heavy atom. The van der Waals surface area contributed by atoms with Crippen LogP contribution in [0.2, 0.25) is 0 Å². The van der Waals surface area contributed by atoms with Gasteiger partial charge in [-0.05, 0) is 13.3 Å². The summed E-state index contributed by atoms with van der Waals surface area (Å²) >= 11 is 0. The van der Waals surface area contributed by atoms with Gasteiger partial charge in [-0.3, -0.25) is 9.69 Å². The van der Waals surface area contributed by atoms with Gasteiger partial charge >= 0.3 is 6.03 Å². The van der Waals surface area contributed by atoms with E-state index in [1.165, 1.54) is 11.9 Å². The third kappa shape index (κ3) is 1.29. The van der Waals surface area contributed by atoms with Crippen molar-refractivity contribution in [3.05, 3.63) is 0 Å². The number of urea groups is 1. The van der Waals surface area contributed by atoms with E-state index in [1.807, 2.05) is 13.8 Å². The molecule has 1 aliphatic heterocycles. The molecule has 1 aliphatic rings. The van der Waals surface area contributed by atoms with E-state index < -0.39 is 0 Å². The molecule has 1 atom stereocenters. The number of likely N-dealkylation sites (N-methyl/N-ethyl adjacent to an activating group) is 1. The second kappa shape index (κ2) is 3.13. The van der Waals surface area contributed by atoms with Gasteiger partial charge in [0.15, 0.2) is 0 Å². The van der Waals surface area contributed by atoms with E-state index in [0.717, 1.165) is 6.42 Å². The maximum absolute atomic E-state index is 11.3. The highest BCUT2D eigenvalue weighted by molar-refractivity contribution is 6.01. The number of hydrogen-bond acceptors (Lipinski definition) is 2. The van der Waals surface area contributed by atoms with Crippen LogP contribution in [0.3, 0.4) is 0 Å². The predicted molar refractivity (Wildman–Crippen MR) is 44.6 cm³/mol. The summed E-state index contributed by atoms with van der Waals surface area (Å²) in [6.07, 6.45) is 0.882. The van der Waals surface area contributed by atoms with Crippen LogP contribution in [0, 0.1) is 0 Å². The standard InChI is InChI=1S/C8H14N2O2/c1-4-6(2)10-5-7(11)9(3)8(10)12/h6H,4-5H2,1-3H3. The van der Waals surface area contributed by atoms with Gasteiger partial charge < -0.3 is 4.90 Å². The fraction of sp³-hybridized carbons (Fsp3) is 0.750. The summed E-state index contributed by atoms with van der Waals surface area (Å²) in [7, 11) is 1.52. The molecule has 1 rings (SSSR count). The molecule has 0 aromatic rings. The topological polar surface area (TPSA) is 40.6 Å². The first-order chi connectivity index (χ1) is 5.57. The molecule has 0 aromatic heterocycles. The monoisotopic (exact) mass is 170 g/mol. The van der Waals surface area contributed by atoms with Crippen LogP contribution in [0.5, 0.6) is 0 Å². The molecule has 4 heteroatoms. The van der Waals surface area contributed by atoms with E-state index >= 15 is 0 Å². The molecule has 0 radical (unpaired) electrons. The van der Waals surface area contributed by atoms with Crippen molar-refractivity contribution in [3.8, 4) is 0 Å². The average molecular weight is 170 g/mol. The molecule has 1 fully saturated rings. The fourth-order valence-corrected chi connectivity index (χ4v) is 1.18. The molecule has 3 amide bonds. The molecule has 0 N–H and O–H groups in total. The molecule has 1 unspecified atom stereocenters. The molecule has 0 bridgehead atoms. The number of carbonyl (C=O) groups excluding carboxylic acids is 2. The summed E-state index contributed by atoms with van der Waals surface area (Å²) < 4.78 is 0. The zero-order valence-electron chi connectivity index (χ0n) is 7.70. The minimum absolute atomic E-state index is 0.111. The Hall–Kier alpha value is -1.06. The lowest BCUT2D eigenvalue weighted by Gasteiger charge is -2.21. The molecule has 0 aliphatic carbocycles. The molecule has 12 heavy (non-hydrogen) atoms. The van der Waals surface area contributed by atoms with E-state index in [4.69, 9.17) is 0 Å². The zero-order valence-corrected chi connectivity index (χ0v) is 7.70. The highest BCUT2D eigenvalue weighted by atomic mass is 16.2. The Balaban J connectivity index is 2.71. The van der Waals surface area contributed by atoms with Crippen molar-refractivity contribution in [1.82, 2.24) is 9.80 Å². The van der Waals surface area contributed by atoms with Gasteiger partial charge in [-0.1, -0.05) is 6.92 Å². The van der Waals surface area contributed by atoms with Crippen LogP contribution < -0.4 is 0 Å². The van der Waals surface area contributed by atoms with E-state index in [9.17, 15) is 9.59 Å². The van der Waals surface area contributed by atoms with Gasteiger partial charge in [0.2, 0.25) is 5.91 Å². The van der Waals surface area contributed by atoms with E-state index in [-0.39, 0.29) is 24.5 Å². The molecular formula is C8H14N2O2. The van der Waals surface area contributed by atoms with E-state index in [0.29, 0.717) is 0 Å². The summed E-state index contributed by atoms with van der Waals surface area (Å²) in [5.41, 5.74) is 0. The Bertz CT molecular complexity index is 215. The first kappa shape index (κ1) is 9.03. The molecular weight excluding hydrogens is 156 g/mol. The minimum atomic E-state index is -0.172. The van der Waals surface area contributed by atoms with Crippen LogP contribution >= 0.6 is 0 Å². The lowest BCUT2D eigenvalue weighted by atomic mass is 10.2. The van der Waals surface area contributed by atoms with Gasteiger partial charge in [0, 0.05) is 13.1 Å². The number of amides is 3. The van der Waals surface area contributed by atoms with Gasteiger partial charge in [-0.25, -0.2) is 4.79 Å². The fourth-order valence-electron chi connectivity index (χ4n) is 1.18. The van der Waals surface area contributed by atoms with Gasteiger partial charge in [0.25, 0.3) is 0 Å². The number of carbonyl (C=O) groups is 2. The van der Waals surface area contributed by atoms with Crippen molar-refractivity contribution in [2.75, 3.05) is 13.6 Å². The Labute approximate surface area is 72.1 Å². The van der Waals surface area contributed by atoms with E-state index in [2.05, 4.69) is 0 Å². The van der Waals surface area contributed by atoms with Gasteiger partial charge in [-0.2, -0.15) is 0 Å². The summed E-state index contributed by atoms with van der Waals surface area (Å²) in [4.78, 5) is 25.2. The second-order valence-corrected chi connectivity index (χ2v) is 3.12. The first-order valence-corrected chi connectivity index (χ1v) is 4.15. The molecule has 4 nitrogen and oxygen atoms in total. The summed E-state index contributed by atoms with van der Waals surface area (Å²) in [6, 6.07) is -0.0132.